The molecule has 1 aromatic rings. The SMILES string of the molecule is COCC(CCCN)NCc1nccn1C. The van der Waals surface area contributed by atoms with Gasteiger partial charge < -0.3 is 20.4 Å². The number of nitrogens with two attached hydrogens (primary N) is 1. The monoisotopic (exact) mass is 226 g/mol. The van der Waals surface area contributed by atoms with Crippen molar-refractivity contribution in [3.63, 3.8) is 0 Å². The van der Waals surface area contributed by atoms with Crippen molar-refractivity contribution in [2.24, 2.45) is 12.8 Å². The van der Waals surface area contributed by atoms with Crippen LogP contribution in [0, 0.1) is 0 Å². The molecular formula is C11H22N4O. The minimum Gasteiger partial charge on any atom is -0.383 e. The first-order valence-corrected chi connectivity index (χ1v) is 5.66. The van der Waals surface area contributed by atoms with Crippen molar-refractivity contribution >= 4 is 0 Å². The zero-order valence-corrected chi connectivity index (χ0v) is 10.1. The number of hydrogen-bond donors (Lipinski definition) is 2. The summed E-state index contributed by atoms with van der Waals surface area (Å²) in [5.41, 5.74) is 5.50. The molecule has 5 nitrogen and oxygen atoms in total. The van der Waals surface area contributed by atoms with Gasteiger partial charge >= 0.3 is 0 Å². The molecule has 5 heteroatoms. The molecule has 0 amide bonds. The van der Waals surface area contributed by atoms with Gasteiger partial charge in [0.1, 0.15) is 5.82 Å². The van der Waals surface area contributed by atoms with E-state index in [1.54, 1.807) is 7.11 Å². The van der Waals surface area contributed by atoms with Crippen molar-refractivity contribution in [1.82, 2.24) is 14.9 Å². The molecule has 0 saturated heterocycles. The van der Waals surface area contributed by atoms with Gasteiger partial charge in [-0.2, -0.15) is 0 Å². The van der Waals surface area contributed by atoms with E-state index >= 15 is 0 Å². The summed E-state index contributed by atoms with van der Waals surface area (Å²) in [5.74, 6) is 1.04. The smallest absolute Gasteiger partial charge is 0.122 e. The molecule has 1 unspecified atom stereocenters. The first-order chi connectivity index (χ1) is 7.77. The van der Waals surface area contributed by atoms with Gasteiger partial charge in [0, 0.05) is 32.6 Å². The number of methoxy groups -OCH3 is 1. The predicted molar refractivity (Wildman–Crippen MR) is 64.0 cm³/mol. The number of nitrogens with zero attached hydrogens (tertiary/aromatic N) is 2. The Hall–Kier alpha value is -0.910. The fourth-order valence-electron chi connectivity index (χ4n) is 1.61. The zero-order valence-electron chi connectivity index (χ0n) is 10.1. The van der Waals surface area contributed by atoms with E-state index in [9.17, 15) is 0 Å². The highest BCUT2D eigenvalue weighted by Crippen LogP contribution is 2.00. The average Bonchev–Trinajstić information content (AvgIpc) is 2.68. The van der Waals surface area contributed by atoms with E-state index < -0.39 is 0 Å². The third-order valence-corrected chi connectivity index (χ3v) is 2.59. The van der Waals surface area contributed by atoms with Crippen LogP contribution in [-0.2, 0) is 18.3 Å². The number of imidazole rings is 1. The van der Waals surface area contributed by atoms with E-state index in [1.165, 1.54) is 0 Å². The van der Waals surface area contributed by atoms with Gasteiger partial charge in [0.25, 0.3) is 0 Å². The molecule has 0 radical (unpaired) electrons. The largest absolute Gasteiger partial charge is 0.383 e. The summed E-state index contributed by atoms with van der Waals surface area (Å²) in [7, 11) is 3.72. The molecule has 92 valence electrons. The molecule has 1 heterocycles. The number of aromatic nitrogens is 2. The molecule has 0 aliphatic rings. The Kier molecular flexibility index (Phi) is 6.07. The van der Waals surface area contributed by atoms with Gasteiger partial charge in [0.05, 0.1) is 13.2 Å². The van der Waals surface area contributed by atoms with Crippen LogP contribution in [0.1, 0.15) is 18.7 Å². The first-order valence-electron chi connectivity index (χ1n) is 5.66. The molecule has 1 aromatic heterocycles. The second kappa shape index (κ2) is 7.38. The molecule has 0 aromatic carbocycles. The molecule has 0 aliphatic carbocycles. The number of ether oxygens (including phenoxy) is 1. The van der Waals surface area contributed by atoms with Crippen LogP contribution < -0.4 is 11.1 Å². The Bertz CT molecular complexity index is 287. The van der Waals surface area contributed by atoms with Crippen LogP contribution in [0.25, 0.3) is 0 Å². The van der Waals surface area contributed by atoms with Gasteiger partial charge in [-0.3, -0.25) is 0 Å². The van der Waals surface area contributed by atoms with Gasteiger partial charge in [0.15, 0.2) is 0 Å². The Morgan fingerprint density at radius 3 is 3.00 bits per heavy atom. The fourth-order valence-corrected chi connectivity index (χ4v) is 1.61. The van der Waals surface area contributed by atoms with E-state index in [2.05, 4.69) is 10.3 Å². The van der Waals surface area contributed by atoms with E-state index in [-0.39, 0.29) is 0 Å². The summed E-state index contributed by atoms with van der Waals surface area (Å²) in [4.78, 5) is 4.26. The summed E-state index contributed by atoms with van der Waals surface area (Å²) >= 11 is 0. The minimum atomic E-state index is 0.352. The Morgan fingerprint density at radius 2 is 2.44 bits per heavy atom. The van der Waals surface area contributed by atoms with Crippen LogP contribution in [0.3, 0.4) is 0 Å². The fraction of sp³-hybridized carbons (Fsp3) is 0.727. The van der Waals surface area contributed by atoms with Gasteiger partial charge in [0.2, 0.25) is 0 Å². The molecule has 0 fully saturated rings. The van der Waals surface area contributed by atoms with E-state index in [4.69, 9.17) is 10.5 Å². The zero-order chi connectivity index (χ0) is 11.8. The van der Waals surface area contributed by atoms with Gasteiger partial charge in [-0.1, -0.05) is 0 Å². The van der Waals surface area contributed by atoms with Crippen LogP contribution in [-0.4, -0.2) is 35.9 Å². The molecule has 3 N–H and O–H groups in total. The topological polar surface area (TPSA) is 65.1 Å². The summed E-state index contributed by atoms with van der Waals surface area (Å²) in [5, 5.41) is 3.43. The molecule has 0 bridgehead atoms. The van der Waals surface area contributed by atoms with Crippen molar-refractivity contribution in [3.8, 4) is 0 Å². The second-order valence-electron chi connectivity index (χ2n) is 3.92. The number of nitrogens with one attached hydrogen (secondary N) is 1. The third kappa shape index (κ3) is 4.30. The third-order valence-electron chi connectivity index (χ3n) is 2.59. The van der Waals surface area contributed by atoms with Crippen LogP contribution >= 0.6 is 0 Å². The van der Waals surface area contributed by atoms with E-state index in [0.29, 0.717) is 12.6 Å². The molecule has 1 atom stereocenters. The lowest BCUT2D eigenvalue weighted by Crippen LogP contribution is -2.34. The maximum absolute atomic E-state index is 5.50. The molecule has 0 spiro atoms. The summed E-state index contributed by atoms with van der Waals surface area (Å²) in [6.07, 6.45) is 5.81. The van der Waals surface area contributed by atoms with Crippen molar-refractivity contribution in [3.05, 3.63) is 18.2 Å². The maximum atomic E-state index is 5.50. The lowest BCUT2D eigenvalue weighted by atomic mass is 10.1. The van der Waals surface area contributed by atoms with Crippen molar-refractivity contribution < 1.29 is 4.74 Å². The average molecular weight is 226 g/mol. The van der Waals surface area contributed by atoms with Crippen molar-refractivity contribution in [1.29, 1.82) is 0 Å². The molecule has 1 rings (SSSR count). The van der Waals surface area contributed by atoms with Crippen molar-refractivity contribution in [2.45, 2.75) is 25.4 Å². The molecule has 0 aliphatic heterocycles. The number of rotatable bonds is 8. The summed E-state index contributed by atoms with van der Waals surface area (Å²) in [6.45, 7) is 2.21. The minimum absolute atomic E-state index is 0.352. The summed E-state index contributed by atoms with van der Waals surface area (Å²) in [6, 6.07) is 0.352. The van der Waals surface area contributed by atoms with Gasteiger partial charge in [-0.05, 0) is 19.4 Å². The van der Waals surface area contributed by atoms with Crippen molar-refractivity contribution in [2.75, 3.05) is 20.3 Å². The van der Waals surface area contributed by atoms with E-state index in [0.717, 1.165) is 31.8 Å². The standard InChI is InChI=1S/C11H22N4O/c1-15-7-6-13-11(15)8-14-10(9-16-2)4-3-5-12/h6-7,10,14H,3-5,8-9,12H2,1-2H3. The highest BCUT2D eigenvalue weighted by Gasteiger charge is 2.08. The summed E-state index contributed by atoms with van der Waals surface area (Å²) < 4.78 is 7.18. The molecule has 0 saturated carbocycles. The lowest BCUT2D eigenvalue weighted by Gasteiger charge is -2.17. The van der Waals surface area contributed by atoms with Crippen LogP contribution in [0.15, 0.2) is 12.4 Å². The first kappa shape index (κ1) is 13.2. The van der Waals surface area contributed by atoms with Crippen LogP contribution in [0.5, 0.6) is 0 Å². The van der Waals surface area contributed by atoms with Crippen LogP contribution in [0.4, 0.5) is 0 Å². The quantitative estimate of drug-likeness (QED) is 0.667. The van der Waals surface area contributed by atoms with Crippen LogP contribution in [0.2, 0.25) is 0 Å². The molecule has 16 heavy (non-hydrogen) atoms. The Morgan fingerprint density at radius 1 is 1.62 bits per heavy atom. The normalized spacial score (nSPS) is 12.9. The lowest BCUT2D eigenvalue weighted by molar-refractivity contribution is 0.160. The predicted octanol–water partition coefficient (Wildman–Crippen LogP) is 0.264. The van der Waals surface area contributed by atoms with Gasteiger partial charge in [-0.15, -0.1) is 0 Å². The Labute approximate surface area is 97.0 Å². The second-order valence-corrected chi connectivity index (χ2v) is 3.92. The number of hydrogen-bond acceptors (Lipinski definition) is 4. The maximum Gasteiger partial charge on any atom is 0.122 e. The highest BCUT2D eigenvalue weighted by molar-refractivity contribution is 4.90. The highest BCUT2D eigenvalue weighted by atomic mass is 16.5. The Balaban J connectivity index is 2.34. The van der Waals surface area contributed by atoms with Gasteiger partial charge in [-0.25, -0.2) is 4.98 Å². The number of aryl methyl sites for hydroxylation is 1. The van der Waals surface area contributed by atoms with E-state index in [1.807, 2.05) is 24.0 Å². The molecular weight excluding hydrogens is 204 g/mol.